The van der Waals surface area contributed by atoms with E-state index in [9.17, 15) is 9.59 Å². The van der Waals surface area contributed by atoms with Crippen LogP contribution in [0.1, 0.15) is 16.1 Å². The van der Waals surface area contributed by atoms with E-state index in [0.29, 0.717) is 16.0 Å². The molecule has 2 aromatic heterocycles. The first kappa shape index (κ1) is 12.2. The fraction of sp³-hybridized carbons (Fsp3) is 0.100. The van der Waals surface area contributed by atoms with Gasteiger partial charge in [0.15, 0.2) is 10.3 Å². The Hall–Kier alpha value is -2.22. The van der Waals surface area contributed by atoms with E-state index in [1.807, 2.05) is 0 Å². The minimum atomic E-state index is -1.07. The highest BCUT2D eigenvalue weighted by atomic mass is 32.2. The summed E-state index contributed by atoms with van der Waals surface area (Å²) in [5.74, 6) is -1.07. The SMILES string of the molecule is Cc1nc(Sc2nccc(=O)[nH]2)ncc1C(=O)O. The summed E-state index contributed by atoms with van der Waals surface area (Å²) in [4.78, 5) is 36.2. The van der Waals surface area contributed by atoms with Crippen LogP contribution in [0.2, 0.25) is 0 Å². The van der Waals surface area contributed by atoms with Gasteiger partial charge in [-0.15, -0.1) is 0 Å². The monoisotopic (exact) mass is 264 g/mol. The number of aromatic amines is 1. The Morgan fingerprint density at radius 2 is 2.22 bits per heavy atom. The Bertz CT molecular complexity index is 656. The lowest BCUT2D eigenvalue weighted by Gasteiger charge is -2.02. The maximum atomic E-state index is 11.1. The fourth-order valence-corrected chi connectivity index (χ4v) is 1.92. The molecule has 2 heterocycles. The molecular formula is C10H8N4O3S. The molecule has 0 fully saturated rings. The van der Waals surface area contributed by atoms with Crippen LogP contribution in [-0.2, 0) is 0 Å². The summed E-state index contributed by atoms with van der Waals surface area (Å²) in [5, 5.41) is 9.51. The molecule has 0 unspecified atom stereocenters. The average Bonchev–Trinajstić information content (AvgIpc) is 2.28. The van der Waals surface area contributed by atoms with Crippen molar-refractivity contribution in [2.45, 2.75) is 17.2 Å². The maximum Gasteiger partial charge on any atom is 0.339 e. The van der Waals surface area contributed by atoms with Gasteiger partial charge in [-0.3, -0.25) is 4.79 Å². The van der Waals surface area contributed by atoms with Gasteiger partial charge in [0.1, 0.15) is 0 Å². The van der Waals surface area contributed by atoms with Crippen LogP contribution in [0.15, 0.2) is 33.6 Å². The number of aryl methyl sites for hydroxylation is 1. The number of carbonyl (C=O) groups is 1. The lowest BCUT2D eigenvalue weighted by atomic mass is 10.2. The molecule has 7 nitrogen and oxygen atoms in total. The zero-order valence-corrected chi connectivity index (χ0v) is 10.1. The zero-order valence-electron chi connectivity index (χ0n) is 9.25. The van der Waals surface area contributed by atoms with Crippen molar-refractivity contribution < 1.29 is 9.90 Å². The maximum absolute atomic E-state index is 11.1. The highest BCUT2D eigenvalue weighted by Gasteiger charge is 2.11. The molecule has 0 atom stereocenters. The molecule has 2 N–H and O–H groups in total. The second kappa shape index (κ2) is 4.96. The fourth-order valence-electron chi connectivity index (χ4n) is 1.20. The number of nitrogens with one attached hydrogen (secondary N) is 1. The Labute approximate surface area is 105 Å². The summed E-state index contributed by atoms with van der Waals surface area (Å²) in [7, 11) is 0. The summed E-state index contributed by atoms with van der Waals surface area (Å²) in [6.45, 7) is 1.58. The summed E-state index contributed by atoms with van der Waals surface area (Å²) in [6, 6.07) is 1.30. The van der Waals surface area contributed by atoms with Crippen LogP contribution in [0, 0.1) is 6.92 Å². The molecule has 8 heteroatoms. The van der Waals surface area contributed by atoms with E-state index >= 15 is 0 Å². The van der Waals surface area contributed by atoms with Crippen molar-refractivity contribution in [3.8, 4) is 0 Å². The van der Waals surface area contributed by atoms with Gasteiger partial charge in [0, 0.05) is 18.5 Å². The van der Waals surface area contributed by atoms with Crippen LogP contribution in [0.4, 0.5) is 0 Å². The van der Waals surface area contributed by atoms with Crippen molar-refractivity contribution in [2.75, 3.05) is 0 Å². The number of carboxylic acids is 1. The smallest absolute Gasteiger partial charge is 0.339 e. The number of hydrogen-bond donors (Lipinski definition) is 2. The first-order valence-corrected chi connectivity index (χ1v) is 5.68. The molecule has 18 heavy (non-hydrogen) atoms. The molecule has 2 rings (SSSR count). The van der Waals surface area contributed by atoms with Crippen LogP contribution in [0.3, 0.4) is 0 Å². The third-order valence-electron chi connectivity index (χ3n) is 2.02. The minimum absolute atomic E-state index is 0.0499. The molecule has 0 aliphatic heterocycles. The Morgan fingerprint density at radius 3 is 2.83 bits per heavy atom. The van der Waals surface area contributed by atoms with Crippen molar-refractivity contribution >= 4 is 17.7 Å². The summed E-state index contributed by atoms with van der Waals surface area (Å²) < 4.78 is 0. The molecule has 0 amide bonds. The van der Waals surface area contributed by atoms with Gasteiger partial charge in [-0.05, 0) is 18.7 Å². The van der Waals surface area contributed by atoms with E-state index in [2.05, 4.69) is 19.9 Å². The number of aromatic nitrogens is 4. The third-order valence-corrected chi connectivity index (χ3v) is 2.80. The molecule has 0 saturated heterocycles. The van der Waals surface area contributed by atoms with Crippen LogP contribution >= 0.6 is 11.8 Å². The second-order valence-corrected chi connectivity index (χ2v) is 4.25. The number of hydrogen-bond acceptors (Lipinski definition) is 6. The van der Waals surface area contributed by atoms with Gasteiger partial charge in [0.25, 0.3) is 5.56 Å². The summed E-state index contributed by atoms with van der Waals surface area (Å²) >= 11 is 1.05. The quantitative estimate of drug-likeness (QED) is 0.786. The highest BCUT2D eigenvalue weighted by Crippen LogP contribution is 2.20. The molecule has 2 aromatic rings. The first-order valence-electron chi connectivity index (χ1n) is 4.86. The Kier molecular flexibility index (Phi) is 3.38. The number of H-pyrrole nitrogens is 1. The molecule has 0 spiro atoms. The van der Waals surface area contributed by atoms with E-state index < -0.39 is 5.97 Å². The number of carboxylic acid groups (broad SMARTS) is 1. The average molecular weight is 264 g/mol. The Balaban J connectivity index is 2.28. The highest BCUT2D eigenvalue weighted by molar-refractivity contribution is 7.99. The summed E-state index contributed by atoms with van der Waals surface area (Å²) in [6.07, 6.45) is 2.60. The topological polar surface area (TPSA) is 109 Å². The van der Waals surface area contributed by atoms with E-state index in [1.54, 1.807) is 6.92 Å². The zero-order chi connectivity index (χ0) is 13.1. The first-order chi connectivity index (χ1) is 8.56. The van der Waals surface area contributed by atoms with E-state index in [-0.39, 0.29) is 11.1 Å². The molecule has 0 aliphatic rings. The van der Waals surface area contributed by atoms with E-state index in [0.717, 1.165) is 11.8 Å². The van der Waals surface area contributed by atoms with Gasteiger partial charge in [-0.25, -0.2) is 19.7 Å². The van der Waals surface area contributed by atoms with Crippen LogP contribution in [0.5, 0.6) is 0 Å². The lowest BCUT2D eigenvalue weighted by molar-refractivity contribution is 0.0695. The predicted molar refractivity (Wildman–Crippen MR) is 62.7 cm³/mol. The molecule has 0 saturated carbocycles. The van der Waals surface area contributed by atoms with Gasteiger partial charge in [-0.2, -0.15) is 0 Å². The van der Waals surface area contributed by atoms with Gasteiger partial charge < -0.3 is 10.1 Å². The van der Waals surface area contributed by atoms with Gasteiger partial charge in [0.2, 0.25) is 0 Å². The normalized spacial score (nSPS) is 10.3. The standard InChI is InChI=1S/C10H8N4O3S/c1-5-6(8(16)17)4-12-10(13-5)18-9-11-3-2-7(15)14-9/h2-4H,1H3,(H,16,17)(H,11,14,15). The van der Waals surface area contributed by atoms with Gasteiger partial charge >= 0.3 is 5.97 Å². The Morgan fingerprint density at radius 1 is 1.44 bits per heavy atom. The van der Waals surface area contributed by atoms with Crippen LogP contribution < -0.4 is 5.56 Å². The molecular weight excluding hydrogens is 256 g/mol. The molecule has 0 aliphatic carbocycles. The van der Waals surface area contributed by atoms with E-state index in [4.69, 9.17) is 5.11 Å². The number of rotatable bonds is 3. The summed E-state index contributed by atoms with van der Waals surface area (Å²) in [5.41, 5.74) is 0.138. The van der Waals surface area contributed by atoms with Crippen molar-refractivity contribution in [1.82, 2.24) is 19.9 Å². The minimum Gasteiger partial charge on any atom is -0.478 e. The van der Waals surface area contributed by atoms with Crippen molar-refractivity contribution in [3.63, 3.8) is 0 Å². The molecule has 0 bridgehead atoms. The van der Waals surface area contributed by atoms with Crippen LogP contribution in [0.25, 0.3) is 0 Å². The lowest BCUT2D eigenvalue weighted by Crippen LogP contribution is -2.06. The third kappa shape index (κ3) is 2.72. The predicted octanol–water partition coefficient (Wildman–Crippen LogP) is 0.718. The number of nitrogens with zero attached hydrogens (tertiary/aromatic N) is 3. The molecule has 0 radical (unpaired) electrons. The van der Waals surface area contributed by atoms with Gasteiger partial charge in [-0.1, -0.05) is 0 Å². The van der Waals surface area contributed by atoms with Crippen LogP contribution in [-0.4, -0.2) is 31.0 Å². The van der Waals surface area contributed by atoms with Crippen molar-refractivity contribution in [2.24, 2.45) is 0 Å². The van der Waals surface area contributed by atoms with Crippen molar-refractivity contribution in [1.29, 1.82) is 0 Å². The van der Waals surface area contributed by atoms with Crippen molar-refractivity contribution in [3.05, 3.63) is 40.1 Å². The molecule has 92 valence electrons. The van der Waals surface area contributed by atoms with Gasteiger partial charge in [0.05, 0.1) is 11.3 Å². The molecule has 0 aromatic carbocycles. The second-order valence-electron chi connectivity index (χ2n) is 3.30. The number of aromatic carboxylic acids is 1. The largest absolute Gasteiger partial charge is 0.478 e. The van der Waals surface area contributed by atoms with E-state index in [1.165, 1.54) is 18.5 Å².